The van der Waals surface area contributed by atoms with Crippen LogP contribution in [0.2, 0.25) is 0 Å². The molecule has 0 saturated heterocycles. The van der Waals surface area contributed by atoms with Crippen LogP contribution in [0.1, 0.15) is 159 Å². The first-order valence-electron chi connectivity index (χ1n) is 16.3. The summed E-state index contributed by atoms with van der Waals surface area (Å²) in [6.45, 7) is 7.03. The lowest BCUT2D eigenvalue weighted by Gasteiger charge is -2.29. The van der Waals surface area contributed by atoms with Crippen LogP contribution in [0.15, 0.2) is 18.2 Å². The molecule has 35 heavy (non-hydrogen) atoms. The van der Waals surface area contributed by atoms with Gasteiger partial charge in [-0.15, -0.1) is 0 Å². The van der Waals surface area contributed by atoms with Crippen molar-refractivity contribution in [3.05, 3.63) is 34.9 Å². The molecule has 0 amide bonds. The van der Waals surface area contributed by atoms with E-state index >= 15 is 0 Å². The second-order valence-corrected chi connectivity index (χ2v) is 12.8. The van der Waals surface area contributed by atoms with Gasteiger partial charge in [0.25, 0.3) is 0 Å². The Morgan fingerprint density at radius 3 is 1.63 bits per heavy atom. The first-order chi connectivity index (χ1) is 17.2. The predicted molar refractivity (Wildman–Crippen MR) is 156 cm³/mol. The van der Waals surface area contributed by atoms with Crippen LogP contribution in [0.25, 0.3) is 0 Å². The van der Waals surface area contributed by atoms with E-state index < -0.39 is 0 Å². The Balaban J connectivity index is 1.27. The Morgan fingerprint density at radius 1 is 0.543 bits per heavy atom. The fourth-order valence-corrected chi connectivity index (χ4v) is 7.34. The highest BCUT2D eigenvalue weighted by Gasteiger charge is 2.22. The van der Waals surface area contributed by atoms with Crippen LogP contribution in [0.4, 0.5) is 0 Å². The molecule has 200 valence electrons. The number of hydrogen-bond donors (Lipinski definition) is 0. The molecule has 2 aliphatic rings. The van der Waals surface area contributed by atoms with Crippen molar-refractivity contribution in [1.29, 1.82) is 0 Å². The van der Waals surface area contributed by atoms with Gasteiger partial charge in [0, 0.05) is 0 Å². The summed E-state index contributed by atoms with van der Waals surface area (Å²) in [6, 6.07) is 7.47. The van der Waals surface area contributed by atoms with Crippen molar-refractivity contribution in [2.75, 3.05) is 0 Å². The van der Waals surface area contributed by atoms with Crippen molar-refractivity contribution >= 4 is 0 Å². The standard InChI is InChI=1S/C35H60/c1-4-6-7-8-9-10-11-13-31-16-20-32(21-17-31)22-23-34-25-27-35(29(3)28-34)26-24-33-18-14-30(12-5-2)15-19-33/h25,27-28,30-33H,4-24,26H2,1-3H3/t30-,31-,32-,33-. The second kappa shape index (κ2) is 16.9. The molecule has 0 heteroatoms. The van der Waals surface area contributed by atoms with Gasteiger partial charge < -0.3 is 0 Å². The summed E-state index contributed by atoms with van der Waals surface area (Å²) >= 11 is 0. The van der Waals surface area contributed by atoms with Gasteiger partial charge in [-0.05, 0) is 73.0 Å². The molecule has 0 spiro atoms. The van der Waals surface area contributed by atoms with Crippen LogP contribution in [-0.2, 0) is 12.8 Å². The number of aryl methyl sites for hydroxylation is 3. The molecule has 0 unspecified atom stereocenters. The maximum atomic E-state index is 2.53. The highest BCUT2D eigenvalue weighted by Crippen LogP contribution is 2.35. The highest BCUT2D eigenvalue weighted by atomic mass is 14.3. The molecule has 1 aromatic rings. The number of hydrogen-bond acceptors (Lipinski definition) is 0. The van der Waals surface area contributed by atoms with Crippen molar-refractivity contribution in [3.8, 4) is 0 Å². The smallest absolute Gasteiger partial charge is 0.0274 e. The molecule has 0 atom stereocenters. The van der Waals surface area contributed by atoms with Crippen LogP contribution >= 0.6 is 0 Å². The summed E-state index contributed by atoms with van der Waals surface area (Å²) in [4.78, 5) is 0. The molecule has 0 N–H and O–H groups in total. The van der Waals surface area contributed by atoms with Gasteiger partial charge in [-0.2, -0.15) is 0 Å². The Kier molecular flexibility index (Phi) is 13.9. The van der Waals surface area contributed by atoms with E-state index in [2.05, 4.69) is 39.0 Å². The lowest BCUT2D eigenvalue weighted by atomic mass is 9.77. The molecule has 0 bridgehead atoms. The van der Waals surface area contributed by atoms with Gasteiger partial charge in [-0.1, -0.05) is 148 Å². The van der Waals surface area contributed by atoms with Gasteiger partial charge in [0.05, 0.1) is 0 Å². The van der Waals surface area contributed by atoms with Crippen LogP contribution in [0.5, 0.6) is 0 Å². The van der Waals surface area contributed by atoms with Gasteiger partial charge in [0.2, 0.25) is 0 Å². The van der Waals surface area contributed by atoms with Gasteiger partial charge in [-0.3, -0.25) is 0 Å². The minimum absolute atomic E-state index is 0.989. The largest absolute Gasteiger partial charge is 0.0654 e. The summed E-state index contributed by atoms with van der Waals surface area (Å²) in [5.74, 6) is 4.06. The topological polar surface area (TPSA) is 0 Å². The van der Waals surface area contributed by atoms with E-state index in [0.717, 1.165) is 23.7 Å². The molecule has 2 saturated carbocycles. The molecule has 0 aromatic heterocycles. The van der Waals surface area contributed by atoms with Crippen molar-refractivity contribution in [2.24, 2.45) is 23.7 Å². The maximum Gasteiger partial charge on any atom is -0.0274 e. The average Bonchev–Trinajstić information content (AvgIpc) is 2.88. The summed E-state index contributed by atoms with van der Waals surface area (Å²) in [7, 11) is 0. The van der Waals surface area contributed by atoms with Crippen LogP contribution in [0, 0.1) is 30.6 Å². The number of benzene rings is 1. The van der Waals surface area contributed by atoms with Crippen molar-refractivity contribution in [2.45, 2.75) is 162 Å². The molecule has 3 rings (SSSR count). The van der Waals surface area contributed by atoms with E-state index in [4.69, 9.17) is 0 Å². The predicted octanol–water partition coefficient (Wildman–Crippen LogP) is 11.4. The minimum Gasteiger partial charge on any atom is -0.0654 e. The van der Waals surface area contributed by atoms with Crippen LogP contribution in [0.3, 0.4) is 0 Å². The summed E-state index contributed by atoms with van der Waals surface area (Å²) in [5.41, 5.74) is 4.77. The summed E-state index contributed by atoms with van der Waals surface area (Å²) in [5, 5.41) is 0. The van der Waals surface area contributed by atoms with Gasteiger partial charge in [0.1, 0.15) is 0 Å². The third-order valence-electron chi connectivity index (χ3n) is 9.92. The second-order valence-electron chi connectivity index (χ2n) is 12.8. The summed E-state index contributed by atoms with van der Waals surface area (Å²) in [6.07, 6.45) is 32.0. The van der Waals surface area contributed by atoms with Crippen molar-refractivity contribution in [1.82, 2.24) is 0 Å². The Hall–Kier alpha value is -0.780. The monoisotopic (exact) mass is 480 g/mol. The zero-order valence-corrected chi connectivity index (χ0v) is 24.1. The lowest BCUT2D eigenvalue weighted by Crippen LogP contribution is -2.15. The highest BCUT2D eigenvalue weighted by molar-refractivity contribution is 5.31. The van der Waals surface area contributed by atoms with Gasteiger partial charge in [-0.25, -0.2) is 0 Å². The van der Waals surface area contributed by atoms with E-state index in [1.54, 1.807) is 16.7 Å². The van der Waals surface area contributed by atoms with Crippen LogP contribution < -0.4 is 0 Å². The third-order valence-corrected chi connectivity index (χ3v) is 9.92. The fraction of sp³-hybridized carbons (Fsp3) is 0.829. The van der Waals surface area contributed by atoms with E-state index in [1.807, 2.05) is 0 Å². The molecule has 1 aromatic carbocycles. The molecule has 0 heterocycles. The fourth-order valence-electron chi connectivity index (χ4n) is 7.34. The molecular weight excluding hydrogens is 420 g/mol. The Labute approximate surface area is 220 Å². The first-order valence-corrected chi connectivity index (χ1v) is 16.3. The molecular formula is C35H60. The minimum atomic E-state index is 0.989. The third kappa shape index (κ3) is 11.0. The maximum absolute atomic E-state index is 2.53. The SMILES string of the molecule is CCCCCCCCC[C@H]1CC[C@H](CCc2ccc(CC[C@H]3CC[C@H](CCC)CC3)c(C)c2)CC1. The zero-order chi connectivity index (χ0) is 24.7. The molecule has 2 fully saturated rings. The first kappa shape index (κ1) is 28.8. The van der Waals surface area contributed by atoms with E-state index in [1.165, 1.54) is 141 Å². The van der Waals surface area contributed by atoms with Gasteiger partial charge >= 0.3 is 0 Å². The Bertz CT molecular complexity index is 657. The van der Waals surface area contributed by atoms with E-state index in [0.29, 0.717) is 0 Å². The van der Waals surface area contributed by atoms with E-state index in [-0.39, 0.29) is 0 Å². The molecule has 2 aliphatic carbocycles. The molecule has 0 nitrogen and oxygen atoms in total. The quantitative estimate of drug-likeness (QED) is 0.206. The van der Waals surface area contributed by atoms with Gasteiger partial charge in [0.15, 0.2) is 0 Å². The van der Waals surface area contributed by atoms with E-state index in [9.17, 15) is 0 Å². The summed E-state index contributed by atoms with van der Waals surface area (Å²) < 4.78 is 0. The van der Waals surface area contributed by atoms with Crippen molar-refractivity contribution in [3.63, 3.8) is 0 Å². The average molecular weight is 481 g/mol. The molecule has 0 aliphatic heterocycles. The zero-order valence-electron chi connectivity index (χ0n) is 24.1. The van der Waals surface area contributed by atoms with Crippen LogP contribution in [-0.4, -0.2) is 0 Å². The lowest BCUT2D eigenvalue weighted by molar-refractivity contribution is 0.248. The Morgan fingerprint density at radius 2 is 1.06 bits per heavy atom. The number of unbranched alkanes of at least 4 members (excludes halogenated alkanes) is 6. The van der Waals surface area contributed by atoms with Crippen molar-refractivity contribution < 1.29 is 0 Å². The normalized spacial score (nSPS) is 25.1. The number of rotatable bonds is 16. The molecule has 0 radical (unpaired) electrons.